The molecule has 2 aromatic rings. The van der Waals surface area contributed by atoms with Crippen molar-refractivity contribution in [2.45, 2.75) is 38.3 Å². The van der Waals surface area contributed by atoms with Crippen LogP contribution in [0.1, 0.15) is 31.4 Å². The second kappa shape index (κ2) is 8.45. The van der Waals surface area contributed by atoms with Crippen LogP contribution in [0.3, 0.4) is 0 Å². The topological polar surface area (TPSA) is 108 Å². The van der Waals surface area contributed by atoms with Crippen molar-refractivity contribution in [1.82, 2.24) is 15.2 Å². The summed E-state index contributed by atoms with van der Waals surface area (Å²) in [6.07, 6.45) is 2.93. The molecular weight excluding hydrogens is 353 g/mol. The van der Waals surface area contributed by atoms with Gasteiger partial charge in [0, 0.05) is 23.9 Å². The van der Waals surface area contributed by atoms with E-state index in [1.54, 1.807) is 6.20 Å². The van der Waals surface area contributed by atoms with E-state index in [0.29, 0.717) is 6.42 Å². The summed E-state index contributed by atoms with van der Waals surface area (Å²) in [7, 11) is 0. The Labute approximate surface area is 146 Å². The van der Waals surface area contributed by atoms with Gasteiger partial charge in [-0.3, -0.25) is 14.9 Å². The molecule has 0 aromatic carbocycles. The Balaban J connectivity index is 0.000000298. The molecule has 0 aliphatic carbocycles. The van der Waals surface area contributed by atoms with Gasteiger partial charge in [0.25, 0.3) is 0 Å². The van der Waals surface area contributed by atoms with Gasteiger partial charge in [-0.15, -0.1) is 0 Å². The number of alkyl halides is 3. The lowest BCUT2D eigenvalue weighted by Crippen LogP contribution is -2.21. The molecule has 0 saturated carbocycles. The maximum Gasteiger partial charge on any atom is 0.490 e. The van der Waals surface area contributed by atoms with Gasteiger partial charge in [-0.25, -0.2) is 4.79 Å². The average Bonchev–Trinajstić information content (AvgIpc) is 3.01. The summed E-state index contributed by atoms with van der Waals surface area (Å²) in [6, 6.07) is 3.99. The molecule has 3 N–H and O–H groups in total. The van der Waals surface area contributed by atoms with Crippen molar-refractivity contribution in [3.63, 3.8) is 0 Å². The Morgan fingerprint density at radius 2 is 1.88 bits per heavy atom. The number of aliphatic carboxylic acids is 1. The molecule has 10 heteroatoms. The highest BCUT2D eigenvalue weighted by molar-refractivity contribution is 5.94. The number of carbonyl (C=O) groups is 2. The van der Waals surface area contributed by atoms with Crippen LogP contribution in [0.5, 0.6) is 0 Å². The van der Waals surface area contributed by atoms with Gasteiger partial charge in [-0.2, -0.15) is 18.3 Å². The van der Waals surface area contributed by atoms with E-state index >= 15 is 0 Å². The van der Waals surface area contributed by atoms with Crippen LogP contribution in [0.25, 0.3) is 11.3 Å². The monoisotopic (exact) mass is 370 g/mol. The van der Waals surface area contributed by atoms with Crippen LogP contribution in [0.4, 0.5) is 18.9 Å². The van der Waals surface area contributed by atoms with Crippen LogP contribution in [-0.2, 0) is 16.0 Å². The summed E-state index contributed by atoms with van der Waals surface area (Å²) >= 11 is 0. The highest BCUT2D eigenvalue weighted by atomic mass is 19.4. The number of nitrogens with one attached hydrogen (secondary N) is 2. The number of carboxylic acid groups (broad SMARTS) is 1. The van der Waals surface area contributed by atoms with E-state index in [-0.39, 0.29) is 5.91 Å². The number of nitrogens with zero attached hydrogens (tertiary/aromatic N) is 2. The molecule has 7 nitrogen and oxygen atoms in total. The summed E-state index contributed by atoms with van der Waals surface area (Å²) in [5, 5.41) is 17.0. The van der Waals surface area contributed by atoms with E-state index in [9.17, 15) is 18.0 Å². The number of fused-ring (bicyclic) bond motifs is 4. The molecule has 2 aromatic heterocycles. The molecule has 0 radical (unpaired) electrons. The van der Waals surface area contributed by atoms with Gasteiger partial charge in [0.2, 0.25) is 5.91 Å². The largest absolute Gasteiger partial charge is 0.490 e. The molecule has 140 valence electrons. The second-order valence-corrected chi connectivity index (χ2v) is 5.61. The van der Waals surface area contributed by atoms with Gasteiger partial charge < -0.3 is 10.4 Å². The Bertz CT molecular complexity index is 774. The third-order valence-corrected chi connectivity index (χ3v) is 3.60. The van der Waals surface area contributed by atoms with Gasteiger partial charge >= 0.3 is 12.1 Å². The highest BCUT2D eigenvalue weighted by Gasteiger charge is 2.38. The molecule has 0 saturated heterocycles. The first-order valence-electron chi connectivity index (χ1n) is 7.86. The zero-order valence-electron chi connectivity index (χ0n) is 13.6. The van der Waals surface area contributed by atoms with Crippen molar-refractivity contribution in [3.8, 4) is 11.3 Å². The number of anilines is 1. The molecule has 26 heavy (non-hydrogen) atoms. The zero-order chi connectivity index (χ0) is 19.2. The third kappa shape index (κ3) is 5.57. The molecule has 1 aliphatic heterocycles. The van der Waals surface area contributed by atoms with Crippen molar-refractivity contribution >= 4 is 17.6 Å². The van der Waals surface area contributed by atoms with Gasteiger partial charge in [0.1, 0.15) is 0 Å². The van der Waals surface area contributed by atoms with Crippen LogP contribution in [0.15, 0.2) is 24.5 Å². The van der Waals surface area contributed by atoms with Gasteiger partial charge in [-0.05, 0) is 31.4 Å². The number of pyridine rings is 1. The lowest BCUT2D eigenvalue weighted by atomic mass is 10.1. The Morgan fingerprint density at radius 1 is 1.19 bits per heavy atom. The van der Waals surface area contributed by atoms with Gasteiger partial charge in [0.05, 0.1) is 17.6 Å². The highest BCUT2D eigenvalue weighted by Crippen LogP contribution is 2.26. The summed E-state index contributed by atoms with van der Waals surface area (Å²) in [4.78, 5) is 25.1. The van der Waals surface area contributed by atoms with Crippen molar-refractivity contribution in [2.24, 2.45) is 0 Å². The molecule has 0 unspecified atom stereocenters. The fourth-order valence-corrected chi connectivity index (χ4v) is 2.35. The molecule has 1 aliphatic rings. The minimum Gasteiger partial charge on any atom is -0.475 e. The maximum absolute atomic E-state index is 11.8. The number of aryl methyl sites for hydroxylation is 1. The quantitative estimate of drug-likeness (QED) is 0.660. The van der Waals surface area contributed by atoms with Crippen LogP contribution in [0.2, 0.25) is 0 Å². The Hall–Kier alpha value is -2.91. The summed E-state index contributed by atoms with van der Waals surface area (Å²) in [5.41, 5.74) is 3.68. The van der Waals surface area contributed by atoms with E-state index in [2.05, 4.69) is 26.6 Å². The lowest BCUT2D eigenvalue weighted by Gasteiger charge is -2.09. The van der Waals surface area contributed by atoms with Crippen LogP contribution < -0.4 is 5.32 Å². The number of carboxylic acids is 1. The van der Waals surface area contributed by atoms with Crippen LogP contribution >= 0.6 is 0 Å². The van der Waals surface area contributed by atoms with E-state index in [0.717, 1.165) is 48.3 Å². The van der Waals surface area contributed by atoms with E-state index in [4.69, 9.17) is 9.90 Å². The molecule has 0 spiro atoms. The number of hydrogen-bond donors (Lipinski definition) is 3. The fourth-order valence-electron chi connectivity index (χ4n) is 2.35. The lowest BCUT2D eigenvalue weighted by molar-refractivity contribution is -0.192. The number of amides is 1. The first kappa shape index (κ1) is 19.4. The molecule has 3 rings (SSSR count). The normalized spacial score (nSPS) is 14.7. The fraction of sp³-hybridized carbons (Fsp3) is 0.375. The predicted molar refractivity (Wildman–Crippen MR) is 86.3 cm³/mol. The molecule has 1 amide bonds. The van der Waals surface area contributed by atoms with Crippen molar-refractivity contribution in [2.75, 3.05) is 5.32 Å². The van der Waals surface area contributed by atoms with Gasteiger partial charge in [0.15, 0.2) is 0 Å². The smallest absolute Gasteiger partial charge is 0.475 e. The number of rotatable bonds is 0. The predicted octanol–water partition coefficient (Wildman–Crippen LogP) is 3.16. The minimum absolute atomic E-state index is 0.0532. The third-order valence-electron chi connectivity index (χ3n) is 3.60. The molecule has 2 bridgehead atoms. The van der Waals surface area contributed by atoms with Crippen molar-refractivity contribution in [3.05, 3.63) is 30.2 Å². The van der Waals surface area contributed by atoms with Crippen molar-refractivity contribution in [1.29, 1.82) is 0 Å². The SMILES string of the molecule is O=C(O)C(F)(F)F.O=C1CCCCCc2cc(ccn2)-c2[nH]ncc2N1. The molecule has 3 heterocycles. The van der Waals surface area contributed by atoms with Crippen molar-refractivity contribution < 1.29 is 27.9 Å². The Kier molecular flexibility index (Phi) is 6.31. The summed E-state index contributed by atoms with van der Waals surface area (Å²) < 4.78 is 31.7. The summed E-state index contributed by atoms with van der Waals surface area (Å²) in [5.74, 6) is -2.70. The van der Waals surface area contributed by atoms with Crippen LogP contribution in [0, 0.1) is 0 Å². The maximum atomic E-state index is 11.8. The number of aromatic nitrogens is 3. The zero-order valence-corrected chi connectivity index (χ0v) is 13.6. The number of halogens is 3. The summed E-state index contributed by atoms with van der Waals surface area (Å²) in [6.45, 7) is 0. The average molecular weight is 370 g/mol. The number of hydrogen-bond acceptors (Lipinski definition) is 4. The van der Waals surface area contributed by atoms with E-state index in [1.165, 1.54) is 0 Å². The Morgan fingerprint density at radius 3 is 2.58 bits per heavy atom. The molecule has 0 fully saturated rings. The molecular formula is C16H17F3N4O3. The first-order chi connectivity index (χ1) is 12.3. The standard InChI is InChI=1S/C14H16N4O.C2HF3O2/c19-13-5-3-1-2-4-11-8-10(6-7-15-11)14-12(17-13)9-16-18-14;3-2(4,5)1(6)7/h6-9H,1-5H2,(H,16,18)(H,17,19);(H,6,7). The molecule has 0 atom stereocenters. The number of carbonyl (C=O) groups excluding carboxylic acids is 1. The van der Waals surface area contributed by atoms with E-state index in [1.807, 2.05) is 12.3 Å². The van der Waals surface area contributed by atoms with E-state index < -0.39 is 12.1 Å². The second-order valence-electron chi connectivity index (χ2n) is 5.61. The number of aromatic amines is 1. The first-order valence-corrected chi connectivity index (χ1v) is 7.86. The van der Waals surface area contributed by atoms with Crippen LogP contribution in [-0.4, -0.2) is 38.3 Å². The minimum atomic E-state index is -5.08. The number of H-pyrrole nitrogens is 1. The van der Waals surface area contributed by atoms with Gasteiger partial charge in [-0.1, -0.05) is 6.42 Å².